The van der Waals surface area contributed by atoms with Gasteiger partial charge in [0.15, 0.2) is 6.61 Å². The molecule has 0 atom stereocenters. The Bertz CT molecular complexity index is 1000. The van der Waals surface area contributed by atoms with Gasteiger partial charge >= 0.3 is 5.97 Å². The first-order chi connectivity index (χ1) is 14.6. The smallest absolute Gasteiger partial charge is 0.306 e. The molecular formula is C24H22N2O4. The number of benzene rings is 3. The van der Waals surface area contributed by atoms with Crippen molar-refractivity contribution < 1.29 is 19.1 Å². The number of ether oxygens (including phenoxy) is 1. The van der Waals surface area contributed by atoms with Gasteiger partial charge in [0.25, 0.3) is 11.8 Å². The third kappa shape index (κ3) is 6.31. The molecule has 0 unspecified atom stereocenters. The zero-order valence-electron chi connectivity index (χ0n) is 16.3. The number of nitrogens with one attached hydrogen (secondary N) is 2. The summed E-state index contributed by atoms with van der Waals surface area (Å²) >= 11 is 0. The summed E-state index contributed by atoms with van der Waals surface area (Å²) in [4.78, 5) is 36.6. The van der Waals surface area contributed by atoms with E-state index in [4.69, 9.17) is 4.74 Å². The van der Waals surface area contributed by atoms with Gasteiger partial charge in [0.2, 0.25) is 0 Å². The number of rotatable bonds is 8. The fourth-order valence-electron chi connectivity index (χ4n) is 2.81. The Morgan fingerprint density at radius 1 is 0.733 bits per heavy atom. The predicted octanol–water partition coefficient (Wildman–Crippen LogP) is 4.05. The zero-order chi connectivity index (χ0) is 21.2. The standard InChI is InChI=1S/C24H22N2O4/c27-22(17-30-23(28)16-15-18-9-3-1-4-10-18)26-21-14-8-7-13-20(21)24(29)25-19-11-5-2-6-12-19/h1-14H,15-17H2,(H,25,29)(H,26,27). The Labute approximate surface area is 174 Å². The van der Waals surface area contributed by atoms with E-state index in [1.54, 1.807) is 36.4 Å². The normalized spacial score (nSPS) is 10.1. The summed E-state index contributed by atoms with van der Waals surface area (Å²) in [5.74, 6) is -1.32. The molecule has 0 aromatic heterocycles. The van der Waals surface area contributed by atoms with Crippen LogP contribution in [0.5, 0.6) is 0 Å². The Hall–Kier alpha value is -3.93. The van der Waals surface area contributed by atoms with Crippen molar-refractivity contribution in [3.63, 3.8) is 0 Å². The van der Waals surface area contributed by atoms with Crippen LogP contribution in [0.1, 0.15) is 22.3 Å². The minimum atomic E-state index is -0.511. The molecule has 3 aromatic carbocycles. The summed E-state index contributed by atoms with van der Waals surface area (Å²) in [6, 6.07) is 25.2. The van der Waals surface area contributed by atoms with E-state index in [0.717, 1.165) is 5.56 Å². The molecule has 152 valence electrons. The van der Waals surface area contributed by atoms with E-state index in [9.17, 15) is 14.4 Å². The summed E-state index contributed by atoms with van der Waals surface area (Å²) in [5, 5.41) is 5.41. The number of para-hydroxylation sites is 2. The van der Waals surface area contributed by atoms with Crippen LogP contribution in [0.25, 0.3) is 0 Å². The lowest BCUT2D eigenvalue weighted by Gasteiger charge is -2.12. The number of amides is 2. The molecular weight excluding hydrogens is 380 g/mol. The van der Waals surface area contributed by atoms with Crippen LogP contribution in [0.15, 0.2) is 84.9 Å². The quantitative estimate of drug-likeness (QED) is 0.557. The van der Waals surface area contributed by atoms with Crippen LogP contribution in [0.2, 0.25) is 0 Å². The Kier molecular flexibility index (Phi) is 7.33. The number of anilines is 2. The number of hydrogen-bond donors (Lipinski definition) is 2. The third-order valence-electron chi connectivity index (χ3n) is 4.30. The molecule has 6 nitrogen and oxygen atoms in total. The fourth-order valence-corrected chi connectivity index (χ4v) is 2.81. The van der Waals surface area contributed by atoms with Gasteiger partial charge in [-0.15, -0.1) is 0 Å². The van der Waals surface area contributed by atoms with E-state index in [1.807, 2.05) is 48.5 Å². The average molecular weight is 402 g/mol. The summed E-state index contributed by atoms with van der Waals surface area (Å²) in [6.45, 7) is -0.414. The first-order valence-corrected chi connectivity index (χ1v) is 9.56. The van der Waals surface area contributed by atoms with Gasteiger partial charge in [-0.05, 0) is 36.2 Å². The van der Waals surface area contributed by atoms with Crippen LogP contribution >= 0.6 is 0 Å². The van der Waals surface area contributed by atoms with Gasteiger partial charge in [-0.3, -0.25) is 14.4 Å². The maximum absolute atomic E-state index is 12.6. The molecule has 0 saturated carbocycles. The van der Waals surface area contributed by atoms with Crippen LogP contribution in [0.3, 0.4) is 0 Å². The van der Waals surface area contributed by atoms with Crippen molar-refractivity contribution in [1.82, 2.24) is 0 Å². The van der Waals surface area contributed by atoms with Crippen LogP contribution in [0.4, 0.5) is 11.4 Å². The monoisotopic (exact) mass is 402 g/mol. The van der Waals surface area contributed by atoms with Crippen LogP contribution < -0.4 is 10.6 Å². The Morgan fingerprint density at radius 2 is 1.37 bits per heavy atom. The molecule has 0 aliphatic rings. The molecule has 0 spiro atoms. The Balaban J connectivity index is 1.51. The van der Waals surface area contributed by atoms with E-state index in [1.165, 1.54) is 0 Å². The van der Waals surface area contributed by atoms with Crippen molar-refractivity contribution in [3.05, 3.63) is 96.1 Å². The van der Waals surface area contributed by atoms with Crippen molar-refractivity contribution in [2.24, 2.45) is 0 Å². The Morgan fingerprint density at radius 3 is 2.10 bits per heavy atom. The second-order valence-electron chi connectivity index (χ2n) is 6.56. The highest BCUT2D eigenvalue weighted by Gasteiger charge is 2.14. The lowest BCUT2D eigenvalue weighted by Crippen LogP contribution is -2.23. The molecule has 0 aliphatic carbocycles. The first kappa shape index (κ1) is 20.8. The van der Waals surface area contributed by atoms with Crippen LogP contribution in [-0.4, -0.2) is 24.4 Å². The highest BCUT2D eigenvalue weighted by Crippen LogP contribution is 2.17. The van der Waals surface area contributed by atoms with Crippen molar-refractivity contribution in [2.75, 3.05) is 17.2 Å². The summed E-state index contributed by atoms with van der Waals surface area (Å²) in [6.07, 6.45) is 0.733. The topological polar surface area (TPSA) is 84.5 Å². The SMILES string of the molecule is O=C(COC(=O)CCc1ccccc1)Nc1ccccc1C(=O)Nc1ccccc1. The summed E-state index contributed by atoms with van der Waals surface area (Å²) in [7, 11) is 0. The second-order valence-corrected chi connectivity index (χ2v) is 6.56. The van der Waals surface area contributed by atoms with E-state index >= 15 is 0 Å². The molecule has 2 N–H and O–H groups in total. The first-order valence-electron chi connectivity index (χ1n) is 9.56. The van der Waals surface area contributed by atoms with Crippen molar-refractivity contribution in [3.8, 4) is 0 Å². The van der Waals surface area contributed by atoms with Crippen molar-refractivity contribution in [2.45, 2.75) is 12.8 Å². The lowest BCUT2D eigenvalue weighted by atomic mass is 10.1. The van der Waals surface area contributed by atoms with Gasteiger partial charge in [0.1, 0.15) is 0 Å². The maximum atomic E-state index is 12.6. The van der Waals surface area contributed by atoms with Crippen LogP contribution in [-0.2, 0) is 20.7 Å². The largest absolute Gasteiger partial charge is 0.456 e. The molecule has 0 aliphatic heterocycles. The second kappa shape index (κ2) is 10.6. The molecule has 0 saturated heterocycles. The highest BCUT2D eigenvalue weighted by molar-refractivity contribution is 6.10. The van der Waals surface area contributed by atoms with Gasteiger partial charge < -0.3 is 15.4 Å². The van der Waals surface area contributed by atoms with Gasteiger partial charge in [-0.1, -0.05) is 60.7 Å². The average Bonchev–Trinajstić information content (AvgIpc) is 2.78. The maximum Gasteiger partial charge on any atom is 0.306 e. The molecule has 3 rings (SSSR count). The van der Waals surface area contributed by atoms with Gasteiger partial charge in [0.05, 0.1) is 11.3 Å². The number of aryl methyl sites for hydroxylation is 1. The lowest BCUT2D eigenvalue weighted by molar-refractivity contribution is -0.147. The summed E-state index contributed by atoms with van der Waals surface area (Å²) < 4.78 is 5.04. The van der Waals surface area contributed by atoms with Gasteiger partial charge in [-0.25, -0.2) is 0 Å². The van der Waals surface area contributed by atoms with Crippen LogP contribution in [0, 0.1) is 0 Å². The molecule has 0 heterocycles. The van der Waals surface area contributed by atoms with E-state index in [0.29, 0.717) is 23.4 Å². The van der Waals surface area contributed by atoms with Gasteiger partial charge in [0, 0.05) is 12.1 Å². The zero-order valence-corrected chi connectivity index (χ0v) is 16.3. The molecule has 0 fully saturated rings. The van der Waals surface area contributed by atoms with E-state index in [-0.39, 0.29) is 12.3 Å². The number of carbonyl (C=O) groups is 3. The molecule has 6 heteroatoms. The van der Waals surface area contributed by atoms with E-state index < -0.39 is 18.5 Å². The van der Waals surface area contributed by atoms with E-state index in [2.05, 4.69) is 10.6 Å². The third-order valence-corrected chi connectivity index (χ3v) is 4.30. The highest BCUT2D eigenvalue weighted by atomic mass is 16.5. The fraction of sp³-hybridized carbons (Fsp3) is 0.125. The molecule has 2 amide bonds. The van der Waals surface area contributed by atoms with Gasteiger partial charge in [-0.2, -0.15) is 0 Å². The number of carbonyl (C=O) groups excluding carboxylic acids is 3. The minimum Gasteiger partial charge on any atom is -0.456 e. The minimum absolute atomic E-state index is 0.188. The summed E-state index contributed by atoms with van der Waals surface area (Å²) in [5.41, 5.74) is 2.33. The molecule has 0 bridgehead atoms. The molecule has 30 heavy (non-hydrogen) atoms. The molecule has 3 aromatic rings. The number of hydrogen-bond acceptors (Lipinski definition) is 4. The predicted molar refractivity (Wildman–Crippen MR) is 115 cm³/mol. The van der Waals surface area contributed by atoms with Crippen molar-refractivity contribution in [1.29, 1.82) is 0 Å². The van der Waals surface area contributed by atoms with Crippen molar-refractivity contribution >= 4 is 29.2 Å². The number of esters is 1. The molecule has 0 radical (unpaired) electrons.